The first kappa shape index (κ1) is 16.0. The van der Waals surface area contributed by atoms with Gasteiger partial charge >= 0.3 is 0 Å². The lowest BCUT2D eigenvalue weighted by Crippen LogP contribution is -2.48. The first-order valence-electron chi connectivity index (χ1n) is 7.72. The Balaban J connectivity index is 1.70. The molecule has 1 fully saturated rings. The van der Waals surface area contributed by atoms with Gasteiger partial charge in [-0.05, 0) is 26.7 Å². The van der Waals surface area contributed by atoms with Gasteiger partial charge in [0.25, 0.3) is 5.91 Å². The molecule has 0 N–H and O–H groups in total. The summed E-state index contributed by atoms with van der Waals surface area (Å²) < 4.78 is 5.59. The van der Waals surface area contributed by atoms with Crippen molar-refractivity contribution < 1.29 is 9.53 Å². The maximum absolute atomic E-state index is 12.8. The van der Waals surface area contributed by atoms with E-state index < -0.39 is 0 Å². The van der Waals surface area contributed by atoms with Crippen LogP contribution in [0.1, 0.15) is 33.2 Å². The number of carbonyl (C=O) groups excluding carboxylic acids is 1. The molecule has 1 atom stereocenters. The number of amides is 1. The third kappa shape index (κ3) is 3.56. The molecule has 6 nitrogen and oxygen atoms in total. The van der Waals surface area contributed by atoms with Crippen LogP contribution in [0.5, 0.6) is 0 Å². The number of hydrogen-bond donors (Lipinski definition) is 0. The molecule has 1 aliphatic heterocycles. The fraction of sp³-hybridized carbons (Fsp3) is 0.500. The van der Waals surface area contributed by atoms with Crippen molar-refractivity contribution in [2.24, 2.45) is 0 Å². The van der Waals surface area contributed by atoms with Crippen LogP contribution in [-0.4, -0.2) is 51.6 Å². The fourth-order valence-electron chi connectivity index (χ4n) is 2.78. The lowest BCUT2D eigenvalue weighted by atomic mass is 10.1. The summed E-state index contributed by atoms with van der Waals surface area (Å²) in [6.07, 6.45) is 5.02. The number of carbonyl (C=O) groups is 1. The molecule has 1 aliphatic rings. The summed E-state index contributed by atoms with van der Waals surface area (Å²) in [6.45, 7) is 5.62. The maximum atomic E-state index is 12.8. The molecule has 3 rings (SSSR count). The number of ether oxygens (including phenoxy) is 1. The molecule has 23 heavy (non-hydrogen) atoms. The molecule has 3 heterocycles. The Morgan fingerprint density at radius 3 is 2.87 bits per heavy atom. The Morgan fingerprint density at radius 1 is 1.30 bits per heavy atom. The average molecular weight is 332 g/mol. The molecule has 0 spiro atoms. The van der Waals surface area contributed by atoms with E-state index >= 15 is 0 Å². The Bertz CT molecular complexity index is 688. The second-order valence-corrected chi connectivity index (χ2v) is 6.48. The van der Waals surface area contributed by atoms with Crippen LogP contribution in [0.4, 0.5) is 0 Å². The number of aryl methyl sites for hydroxylation is 3. The van der Waals surface area contributed by atoms with Crippen molar-refractivity contribution in [1.82, 2.24) is 19.9 Å². The van der Waals surface area contributed by atoms with Crippen molar-refractivity contribution in [2.45, 2.75) is 32.7 Å². The van der Waals surface area contributed by atoms with E-state index in [9.17, 15) is 4.79 Å². The van der Waals surface area contributed by atoms with Gasteiger partial charge in [-0.15, -0.1) is 11.3 Å². The Labute approximate surface area is 139 Å². The third-order valence-corrected chi connectivity index (χ3v) is 5.04. The molecule has 0 unspecified atom stereocenters. The standard InChI is InChI=1S/C16H20N4O2S/c1-11-14(18-6-5-17-11)4-3-13-9-22-8-7-20(13)16(21)15-12(2)19-10-23-15/h5-6,10,13H,3-4,7-9H2,1-2H3/t13-/m0/s1. The molecule has 122 valence electrons. The zero-order valence-corrected chi connectivity index (χ0v) is 14.2. The van der Waals surface area contributed by atoms with Crippen LogP contribution < -0.4 is 0 Å². The molecule has 0 radical (unpaired) electrons. The highest BCUT2D eigenvalue weighted by Gasteiger charge is 2.29. The van der Waals surface area contributed by atoms with Crippen LogP contribution >= 0.6 is 11.3 Å². The van der Waals surface area contributed by atoms with Crippen LogP contribution in [0.2, 0.25) is 0 Å². The first-order valence-corrected chi connectivity index (χ1v) is 8.60. The van der Waals surface area contributed by atoms with Crippen molar-refractivity contribution in [3.05, 3.63) is 39.9 Å². The minimum absolute atomic E-state index is 0.0640. The lowest BCUT2D eigenvalue weighted by molar-refractivity contribution is -0.00393. The third-order valence-electron chi connectivity index (χ3n) is 4.13. The van der Waals surface area contributed by atoms with Gasteiger partial charge in [0.1, 0.15) is 4.88 Å². The minimum atomic E-state index is 0.0640. The SMILES string of the molecule is Cc1nccnc1CC[C@H]1COCCN1C(=O)c1scnc1C. The highest BCUT2D eigenvalue weighted by atomic mass is 32.1. The zero-order chi connectivity index (χ0) is 16.2. The van der Waals surface area contributed by atoms with Crippen molar-refractivity contribution in [3.8, 4) is 0 Å². The predicted molar refractivity (Wildman–Crippen MR) is 87.6 cm³/mol. The lowest BCUT2D eigenvalue weighted by Gasteiger charge is -2.35. The maximum Gasteiger partial charge on any atom is 0.266 e. The van der Waals surface area contributed by atoms with Gasteiger partial charge in [-0.1, -0.05) is 0 Å². The molecule has 0 bridgehead atoms. The fourth-order valence-corrected chi connectivity index (χ4v) is 3.54. The van der Waals surface area contributed by atoms with E-state index in [0.29, 0.717) is 19.8 Å². The molecular formula is C16H20N4O2S. The second-order valence-electron chi connectivity index (χ2n) is 5.62. The summed E-state index contributed by atoms with van der Waals surface area (Å²) in [6, 6.07) is 0.0687. The van der Waals surface area contributed by atoms with Gasteiger partial charge in [-0.25, -0.2) is 4.98 Å². The van der Waals surface area contributed by atoms with Crippen LogP contribution in [0.3, 0.4) is 0 Å². The number of aromatic nitrogens is 3. The average Bonchev–Trinajstić information content (AvgIpc) is 3.00. The number of hydrogen-bond acceptors (Lipinski definition) is 6. The van der Waals surface area contributed by atoms with Gasteiger partial charge in [-0.2, -0.15) is 0 Å². The Morgan fingerprint density at radius 2 is 2.13 bits per heavy atom. The molecule has 0 aromatic carbocycles. The van der Waals surface area contributed by atoms with Crippen LogP contribution in [0.25, 0.3) is 0 Å². The van der Waals surface area contributed by atoms with E-state index in [4.69, 9.17) is 4.74 Å². The molecule has 1 amide bonds. The van der Waals surface area contributed by atoms with E-state index in [1.807, 2.05) is 18.7 Å². The number of thiazole rings is 1. The number of nitrogens with zero attached hydrogens (tertiary/aromatic N) is 4. The van der Waals surface area contributed by atoms with E-state index in [0.717, 1.165) is 34.8 Å². The van der Waals surface area contributed by atoms with Gasteiger partial charge in [0.15, 0.2) is 0 Å². The van der Waals surface area contributed by atoms with Crippen molar-refractivity contribution >= 4 is 17.2 Å². The van der Waals surface area contributed by atoms with E-state index in [1.54, 1.807) is 17.9 Å². The molecule has 1 saturated heterocycles. The summed E-state index contributed by atoms with van der Waals surface area (Å²) in [5.74, 6) is 0.0640. The predicted octanol–water partition coefficient (Wildman–Crippen LogP) is 2.02. The van der Waals surface area contributed by atoms with Gasteiger partial charge in [0, 0.05) is 18.9 Å². The molecule has 7 heteroatoms. The van der Waals surface area contributed by atoms with Crippen LogP contribution in [-0.2, 0) is 11.2 Å². The monoisotopic (exact) mass is 332 g/mol. The van der Waals surface area contributed by atoms with Crippen LogP contribution in [0, 0.1) is 13.8 Å². The highest BCUT2D eigenvalue weighted by molar-refractivity contribution is 7.11. The minimum Gasteiger partial charge on any atom is -0.377 e. The summed E-state index contributed by atoms with van der Waals surface area (Å²) >= 11 is 1.40. The van der Waals surface area contributed by atoms with Crippen molar-refractivity contribution in [1.29, 1.82) is 0 Å². The van der Waals surface area contributed by atoms with Gasteiger partial charge < -0.3 is 9.64 Å². The largest absolute Gasteiger partial charge is 0.377 e. The summed E-state index contributed by atoms with van der Waals surface area (Å²) in [5.41, 5.74) is 4.45. The van der Waals surface area contributed by atoms with Gasteiger partial charge in [0.05, 0.1) is 41.8 Å². The first-order chi connectivity index (χ1) is 11.2. The molecule has 2 aromatic heterocycles. The molecule has 0 saturated carbocycles. The summed E-state index contributed by atoms with van der Waals surface area (Å²) in [7, 11) is 0. The zero-order valence-electron chi connectivity index (χ0n) is 13.4. The van der Waals surface area contributed by atoms with Crippen molar-refractivity contribution in [3.63, 3.8) is 0 Å². The smallest absolute Gasteiger partial charge is 0.266 e. The molecule has 0 aliphatic carbocycles. The Kier molecular flexibility index (Phi) is 4.97. The van der Waals surface area contributed by atoms with Gasteiger partial charge in [-0.3, -0.25) is 14.8 Å². The highest BCUT2D eigenvalue weighted by Crippen LogP contribution is 2.21. The summed E-state index contributed by atoms with van der Waals surface area (Å²) in [4.78, 5) is 28.3. The quantitative estimate of drug-likeness (QED) is 0.857. The van der Waals surface area contributed by atoms with E-state index in [1.165, 1.54) is 11.3 Å². The number of morpholine rings is 1. The Hall–Kier alpha value is -1.86. The summed E-state index contributed by atoms with van der Waals surface area (Å²) in [5, 5.41) is 0. The van der Waals surface area contributed by atoms with Crippen molar-refractivity contribution in [2.75, 3.05) is 19.8 Å². The topological polar surface area (TPSA) is 68.2 Å². The van der Waals surface area contributed by atoms with Gasteiger partial charge in [0.2, 0.25) is 0 Å². The number of rotatable bonds is 4. The normalized spacial score (nSPS) is 18.2. The molecule has 2 aromatic rings. The van der Waals surface area contributed by atoms with E-state index in [-0.39, 0.29) is 11.9 Å². The van der Waals surface area contributed by atoms with E-state index in [2.05, 4.69) is 15.0 Å². The van der Waals surface area contributed by atoms with Crippen LogP contribution in [0.15, 0.2) is 17.9 Å². The second kappa shape index (κ2) is 7.14. The molecular weight excluding hydrogens is 312 g/mol.